The molecule has 0 aliphatic heterocycles. The Morgan fingerprint density at radius 3 is 0.929 bits per heavy atom. The Kier molecular flexibility index (Phi) is 9.74. The third kappa shape index (κ3) is 7.50. The van der Waals surface area contributed by atoms with E-state index in [1.165, 1.54) is 39.0 Å². The number of hydrogen-bond donors (Lipinski definition) is 0. The zero-order valence-corrected chi connectivity index (χ0v) is 24.3. The molecule has 0 atom stereocenters. The highest BCUT2D eigenvalue weighted by molar-refractivity contribution is 5.97. The molecule has 0 aliphatic carbocycles. The highest BCUT2D eigenvalue weighted by Gasteiger charge is 2.09. The van der Waals surface area contributed by atoms with E-state index < -0.39 is 0 Å². The molecule has 0 aromatic heterocycles. The molecule has 0 heteroatoms. The van der Waals surface area contributed by atoms with Crippen LogP contribution in [0.15, 0.2) is 182 Å². The van der Waals surface area contributed by atoms with E-state index in [4.69, 9.17) is 0 Å². The first-order valence-corrected chi connectivity index (χ1v) is 14.5. The zero-order valence-electron chi connectivity index (χ0n) is 24.3. The topological polar surface area (TPSA) is 0 Å². The minimum atomic E-state index is 1.14. The average Bonchev–Trinajstić information content (AvgIpc) is 3.07. The Balaban J connectivity index is 1.73. The van der Waals surface area contributed by atoms with E-state index >= 15 is 0 Å². The van der Waals surface area contributed by atoms with E-state index in [0.717, 1.165) is 16.7 Å². The van der Waals surface area contributed by atoms with Crippen LogP contribution in [-0.4, -0.2) is 0 Å². The lowest BCUT2D eigenvalue weighted by Crippen LogP contribution is -1.90. The van der Waals surface area contributed by atoms with Crippen LogP contribution in [0.4, 0.5) is 0 Å². The highest BCUT2D eigenvalue weighted by atomic mass is 14.1. The summed E-state index contributed by atoms with van der Waals surface area (Å²) in [6.45, 7) is 4.29. The van der Waals surface area contributed by atoms with Gasteiger partial charge in [0.15, 0.2) is 0 Å². The van der Waals surface area contributed by atoms with Crippen molar-refractivity contribution in [3.8, 4) is 0 Å². The molecule has 0 fully saturated rings. The van der Waals surface area contributed by atoms with Crippen molar-refractivity contribution >= 4 is 27.9 Å². The van der Waals surface area contributed by atoms with Gasteiger partial charge in [-0.05, 0) is 87.8 Å². The molecule has 0 bridgehead atoms. The van der Waals surface area contributed by atoms with Gasteiger partial charge in [0, 0.05) is 0 Å². The Morgan fingerprint density at radius 2 is 0.595 bits per heavy atom. The molecule has 0 saturated heterocycles. The van der Waals surface area contributed by atoms with Gasteiger partial charge in [-0.25, -0.2) is 0 Å². The molecule has 5 aromatic rings. The summed E-state index contributed by atoms with van der Waals surface area (Å²) >= 11 is 0. The Labute approximate surface area is 251 Å². The Bertz CT molecular complexity index is 1720. The summed E-state index contributed by atoms with van der Waals surface area (Å²) in [7, 11) is 0. The van der Waals surface area contributed by atoms with E-state index in [1.807, 2.05) is 0 Å². The molecule has 0 amide bonds. The van der Waals surface area contributed by atoms with Gasteiger partial charge < -0.3 is 0 Å². The molecule has 0 aliphatic rings. The van der Waals surface area contributed by atoms with Crippen molar-refractivity contribution in [2.45, 2.75) is 13.8 Å². The molecule has 0 heterocycles. The third-order valence-corrected chi connectivity index (χ3v) is 7.27. The van der Waals surface area contributed by atoms with Crippen LogP contribution in [0.1, 0.15) is 41.7 Å². The summed E-state index contributed by atoms with van der Waals surface area (Å²) < 4.78 is 0. The molecule has 42 heavy (non-hydrogen) atoms. The maximum Gasteiger partial charge on any atom is -0.0172 e. The summed E-state index contributed by atoms with van der Waals surface area (Å²) in [5, 5.41) is 0. The fourth-order valence-corrected chi connectivity index (χ4v) is 5.00. The van der Waals surface area contributed by atoms with Gasteiger partial charge in [0.25, 0.3) is 0 Å². The summed E-state index contributed by atoms with van der Waals surface area (Å²) in [5.41, 5.74) is 11.8. The van der Waals surface area contributed by atoms with Gasteiger partial charge in [-0.2, -0.15) is 0 Å². The molecule has 5 aromatic carbocycles. The summed E-state index contributed by atoms with van der Waals surface area (Å²) in [5.74, 6) is 0. The fraction of sp³-hybridized carbons (Fsp3) is 0.0476. The minimum Gasteiger partial charge on any atom is -0.0798 e. The van der Waals surface area contributed by atoms with Crippen molar-refractivity contribution in [3.63, 3.8) is 0 Å². The maximum absolute atomic E-state index is 2.33. The summed E-state index contributed by atoms with van der Waals surface area (Å²) in [4.78, 5) is 0. The molecular weight excluding hydrogens is 504 g/mol. The molecule has 204 valence electrons. The van der Waals surface area contributed by atoms with Gasteiger partial charge >= 0.3 is 0 Å². The van der Waals surface area contributed by atoms with Crippen LogP contribution < -0.4 is 0 Å². The number of hydrogen-bond acceptors (Lipinski definition) is 0. The van der Waals surface area contributed by atoms with Gasteiger partial charge in [0.05, 0.1) is 0 Å². The Hall–Kier alpha value is -5.20. The smallest absolute Gasteiger partial charge is 0.0172 e. The lowest BCUT2D eigenvalue weighted by Gasteiger charge is -2.12. The van der Waals surface area contributed by atoms with E-state index in [-0.39, 0.29) is 0 Å². The van der Waals surface area contributed by atoms with Crippen molar-refractivity contribution in [2.24, 2.45) is 0 Å². The van der Waals surface area contributed by atoms with E-state index in [1.54, 1.807) is 0 Å². The molecular formula is C42H36. The van der Waals surface area contributed by atoms with Gasteiger partial charge in [0.1, 0.15) is 0 Å². The minimum absolute atomic E-state index is 1.14. The van der Waals surface area contributed by atoms with Crippen LogP contribution in [0.2, 0.25) is 0 Å². The maximum atomic E-state index is 2.33. The van der Waals surface area contributed by atoms with E-state index in [0.29, 0.717) is 0 Å². The molecule has 0 N–H and O–H groups in total. The standard InChI is InChI=1S/C42H36/c1-3-34(36-21-11-5-12-22-36)30-41(38-25-15-7-16-26-38)32-42(39-27-17-8-18-28-39)31-40(37-23-13-6-14-24-37)29-33(2)35-19-9-4-10-20-35/h3-32H,1-2H3/b33-29+,34-3-,40-31+,41-30-,42-32+. The van der Waals surface area contributed by atoms with Crippen LogP contribution in [0, 0.1) is 0 Å². The highest BCUT2D eigenvalue weighted by Crippen LogP contribution is 2.31. The van der Waals surface area contributed by atoms with Gasteiger partial charge in [-0.1, -0.05) is 164 Å². The van der Waals surface area contributed by atoms with Crippen molar-refractivity contribution in [1.82, 2.24) is 0 Å². The van der Waals surface area contributed by atoms with Gasteiger partial charge in [-0.3, -0.25) is 0 Å². The second-order valence-corrected chi connectivity index (χ2v) is 10.2. The fourth-order valence-electron chi connectivity index (χ4n) is 5.00. The van der Waals surface area contributed by atoms with Crippen LogP contribution in [0.25, 0.3) is 27.9 Å². The number of benzene rings is 5. The molecule has 0 nitrogen and oxygen atoms in total. The van der Waals surface area contributed by atoms with E-state index in [9.17, 15) is 0 Å². The first kappa shape index (κ1) is 28.3. The predicted molar refractivity (Wildman–Crippen MR) is 183 cm³/mol. The predicted octanol–water partition coefficient (Wildman–Crippen LogP) is 11.4. The zero-order chi connectivity index (χ0) is 29.0. The second-order valence-electron chi connectivity index (χ2n) is 10.2. The molecule has 0 radical (unpaired) electrons. The first-order chi connectivity index (χ1) is 20.7. The lowest BCUT2D eigenvalue weighted by atomic mass is 9.92. The monoisotopic (exact) mass is 540 g/mol. The number of rotatable bonds is 9. The second kappa shape index (κ2) is 14.4. The summed E-state index contributed by atoms with van der Waals surface area (Å²) in [6, 6.07) is 53.1. The largest absolute Gasteiger partial charge is 0.0798 e. The molecule has 0 saturated carbocycles. The van der Waals surface area contributed by atoms with Crippen molar-refractivity contribution in [1.29, 1.82) is 0 Å². The van der Waals surface area contributed by atoms with Crippen LogP contribution in [-0.2, 0) is 0 Å². The van der Waals surface area contributed by atoms with Crippen LogP contribution >= 0.6 is 0 Å². The van der Waals surface area contributed by atoms with Gasteiger partial charge in [0.2, 0.25) is 0 Å². The average molecular weight is 541 g/mol. The van der Waals surface area contributed by atoms with Crippen LogP contribution in [0.3, 0.4) is 0 Å². The lowest BCUT2D eigenvalue weighted by molar-refractivity contribution is 1.55. The van der Waals surface area contributed by atoms with Crippen LogP contribution in [0.5, 0.6) is 0 Å². The summed E-state index contributed by atoms with van der Waals surface area (Å²) in [6.07, 6.45) is 11.4. The first-order valence-electron chi connectivity index (χ1n) is 14.5. The van der Waals surface area contributed by atoms with Gasteiger partial charge in [-0.15, -0.1) is 0 Å². The number of allylic oxidation sites excluding steroid dienone is 10. The SMILES string of the molecule is C/C=C(/C=C(/C=C(\C=C(/C=C(\C)c1ccccc1)c1ccccc1)c1ccccc1)c1ccccc1)c1ccccc1. The molecule has 5 rings (SSSR count). The normalized spacial score (nSPS) is 13.2. The molecule has 0 spiro atoms. The quantitative estimate of drug-likeness (QED) is 0.163. The van der Waals surface area contributed by atoms with Crippen molar-refractivity contribution in [2.75, 3.05) is 0 Å². The van der Waals surface area contributed by atoms with Crippen molar-refractivity contribution in [3.05, 3.63) is 210 Å². The molecule has 0 unspecified atom stereocenters. The van der Waals surface area contributed by atoms with E-state index in [2.05, 4.69) is 196 Å². The third-order valence-electron chi connectivity index (χ3n) is 7.27. The Morgan fingerprint density at radius 1 is 0.333 bits per heavy atom. The van der Waals surface area contributed by atoms with Crippen molar-refractivity contribution < 1.29 is 0 Å².